The summed E-state index contributed by atoms with van der Waals surface area (Å²) in [4.78, 5) is 36.5. The molecule has 2 N–H and O–H groups in total. The Labute approximate surface area is 154 Å². The Bertz CT molecular complexity index is 1090. The van der Waals surface area contributed by atoms with E-state index in [4.69, 9.17) is 4.74 Å². The minimum atomic E-state index is -0.470. The van der Waals surface area contributed by atoms with Gasteiger partial charge in [0.2, 0.25) is 5.91 Å². The van der Waals surface area contributed by atoms with Gasteiger partial charge in [0.25, 0.3) is 5.56 Å². The molecule has 0 radical (unpaired) electrons. The van der Waals surface area contributed by atoms with Crippen LogP contribution in [0.25, 0.3) is 11.0 Å². The molecule has 142 valence electrons. The normalized spacial score (nSPS) is 10.9. The van der Waals surface area contributed by atoms with Crippen LogP contribution in [-0.4, -0.2) is 38.9 Å². The number of aromatic nitrogens is 4. The van der Waals surface area contributed by atoms with Gasteiger partial charge in [-0.05, 0) is 24.1 Å². The first-order valence-corrected chi connectivity index (χ1v) is 8.45. The van der Waals surface area contributed by atoms with Crippen molar-refractivity contribution in [3.05, 3.63) is 56.4 Å². The first-order chi connectivity index (χ1) is 12.9. The van der Waals surface area contributed by atoms with Gasteiger partial charge in [-0.25, -0.2) is 4.79 Å². The van der Waals surface area contributed by atoms with E-state index in [1.165, 1.54) is 18.7 Å². The Morgan fingerprint density at radius 2 is 1.89 bits per heavy atom. The molecule has 0 bridgehead atoms. The smallest absolute Gasteiger partial charge is 0.332 e. The number of methoxy groups -OCH3 is 1. The number of aromatic amines is 1. The highest BCUT2D eigenvalue weighted by molar-refractivity contribution is 5.85. The van der Waals surface area contributed by atoms with Gasteiger partial charge in [-0.3, -0.25) is 23.8 Å². The Morgan fingerprint density at radius 1 is 1.19 bits per heavy atom. The van der Waals surface area contributed by atoms with Gasteiger partial charge in [0, 0.05) is 20.6 Å². The van der Waals surface area contributed by atoms with E-state index < -0.39 is 11.2 Å². The number of hydrogen-bond acceptors (Lipinski definition) is 5. The van der Waals surface area contributed by atoms with Crippen LogP contribution in [0.4, 0.5) is 0 Å². The lowest BCUT2D eigenvalue weighted by atomic mass is 10.1. The SMILES string of the molecule is COc1ccc(CCNC(=O)Cc2[nH]nc3c2c(=O)n(C)c(=O)n3C)cc1. The topological polar surface area (TPSA) is 111 Å². The van der Waals surface area contributed by atoms with Gasteiger partial charge in [-0.15, -0.1) is 0 Å². The summed E-state index contributed by atoms with van der Waals surface area (Å²) < 4.78 is 7.39. The zero-order chi connectivity index (χ0) is 19.6. The van der Waals surface area contributed by atoms with E-state index in [-0.39, 0.29) is 23.4 Å². The van der Waals surface area contributed by atoms with Crippen molar-refractivity contribution >= 4 is 16.9 Å². The van der Waals surface area contributed by atoms with Crippen molar-refractivity contribution < 1.29 is 9.53 Å². The standard InChI is InChI=1S/C18H21N5O4/c1-22-16-15(17(25)23(2)18(22)26)13(20-21-16)10-14(24)19-9-8-11-4-6-12(27-3)7-5-11/h4-7H,8-10H2,1-3H3,(H,19,24)(H,20,21). The molecule has 9 nitrogen and oxygen atoms in total. The minimum Gasteiger partial charge on any atom is -0.497 e. The van der Waals surface area contributed by atoms with Gasteiger partial charge in [0.05, 0.1) is 19.2 Å². The van der Waals surface area contributed by atoms with Crippen LogP contribution in [0, 0.1) is 0 Å². The van der Waals surface area contributed by atoms with Crippen molar-refractivity contribution in [2.24, 2.45) is 14.1 Å². The Balaban J connectivity index is 1.67. The largest absolute Gasteiger partial charge is 0.497 e. The second-order valence-electron chi connectivity index (χ2n) is 6.23. The number of rotatable bonds is 6. The molecule has 9 heteroatoms. The van der Waals surface area contributed by atoms with E-state index in [1.807, 2.05) is 24.3 Å². The number of hydrogen-bond donors (Lipinski definition) is 2. The molecule has 1 amide bonds. The highest BCUT2D eigenvalue weighted by Gasteiger charge is 2.17. The van der Waals surface area contributed by atoms with Crippen molar-refractivity contribution in [2.45, 2.75) is 12.8 Å². The van der Waals surface area contributed by atoms with E-state index in [9.17, 15) is 14.4 Å². The number of carbonyl (C=O) groups excluding carboxylic acids is 1. The second kappa shape index (κ2) is 7.48. The van der Waals surface area contributed by atoms with E-state index in [2.05, 4.69) is 15.5 Å². The van der Waals surface area contributed by atoms with Crippen LogP contribution in [0.1, 0.15) is 11.3 Å². The lowest BCUT2D eigenvalue weighted by molar-refractivity contribution is -0.120. The van der Waals surface area contributed by atoms with Crippen LogP contribution in [0.2, 0.25) is 0 Å². The molecule has 0 aliphatic carbocycles. The molecule has 0 fully saturated rings. The third-order valence-corrected chi connectivity index (χ3v) is 4.46. The summed E-state index contributed by atoms with van der Waals surface area (Å²) >= 11 is 0. The van der Waals surface area contributed by atoms with Crippen LogP contribution in [0.3, 0.4) is 0 Å². The summed E-state index contributed by atoms with van der Waals surface area (Å²) in [6.07, 6.45) is 0.655. The number of ether oxygens (including phenoxy) is 1. The summed E-state index contributed by atoms with van der Waals surface area (Å²) in [6, 6.07) is 7.62. The van der Waals surface area contributed by atoms with Crippen molar-refractivity contribution in [2.75, 3.05) is 13.7 Å². The van der Waals surface area contributed by atoms with E-state index in [0.717, 1.165) is 15.9 Å². The lowest BCUT2D eigenvalue weighted by Gasteiger charge is -2.06. The first-order valence-electron chi connectivity index (χ1n) is 8.45. The molecule has 3 rings (SSSR count). The van der Waals surface area contributed by atoms with Gasteiger partial charge in [-0.1, -0.05) is 12.1 Å². The monoisotopic (exact) mass is 371 g/mol. The maximum Gasteiger partial charge on any atom is 0.332 e. The van der Waals surface area contributed by atoms with E-state index in [0.29, 0.717) is 18.7 Å². The van der Waals surface area contributed by atoms with Crippen molar-refractivity contribution in [1.29, 1.82) is 0 Å². The molecule has 2 aromatic heterocycles. The lowest BCUT2D eigenvalue weighted by Crippen LogP contribution is -2.37. The van der Waals surface area contributed by atoms with Crippen LogP contribution in [0.5, 0.6) is 5.75 Å². The average Bonchev–Trinajstić information content (AvgIpc) is 3.08. The predicted octanol–water partition coefficient (Wildman–Crippen LogP) is -0.130. The number of benzene rings is 1. The number of amides is 1. The van der Waals surface area contributed by atoms with Crippen molar-refractivity contribution in [3.63, 3.8) is 0 Å². The number of nitrogens with zero attached hydrogens (tertiary/aromatic N) is 3. The second-order valence-corrected chi connectivity index (χ2v) is 6.23. The third-order valence-electron chi connectivity index (χ3n) is 4.46. The fraction of sp³-hybridized carbons (Fsp3) is 0.333. The molecule has 0 atom stereocenters. The molecule has 27 heavy (non-hydrogen) atoms. The van der Waals surface area contributed by atoms with Crippen LogP contribution < -0.4 is 21.3 Å². The Hall–Kier alpha value is -3.36. The predicted molar refractivity (Wildman–Crippen MR) is 100.0 cm³/mol. The molecule has 0 aliphatic heterocycles. The zero-order valence-corrected chi connectivity index (χ0v) is 15.4. The number of nitrogens with one attached hydrogen (secondary N) is 2. The number of fused-ring (bicyclic) bond motifs is 1. The summed E-state index contributed by atoms with van der Waals surface area (Å²) in [6.45, 7) is 0.466. The molecule has 0 aliphatic rings. The molecule has 1 aromatic carbocycles. The Morgan fingerprint density at radius 3 is 2.56 bits per heavy atom. The quantitative estimate of drug-likeness (QED) is 0.627. The fourth-order valence-corrected chi connectivity index (χ4v) is 2.89. The highest BCUT2D eigenvalue weighted by Crippen LogP contribution is 2.12. The minimum absolute atomic E-state index is 0.0213. The molecule has 0 saturated heterocycles. The van der Waals surface area contributed by atoms with E-state index >= 15 is 0 Å². The summed E-state index contributed by atoms with van der Waals surface area (Å²) in [5.41, 5.74) is 0.775. The number of aryl methyl sites for hydroxylation is 1. The average molecular weight is 371 g/mol. The van der Waals surface area contributed by atoms with E-state index in [1.54, 1.807) is 7.11 Å². The highest BCUT2D eigenvalue weighted by atomic mass is 16.5. The van der Waals surface area contributed by atoms with Crippen molar-refractivity contribution in [1.82, 2.24) is 24.6 Å². The van der Waals surface area contributed by atoms with Crippen LogP contribution >= 0.6 is 0 Å². The fourth-order valence-electron chi connectivity index (χ4n) is 2.89. The third kappa shape index (κ3) is 3.62. The van der Waals surface area contributed by atoms with Crippen LogP contribution in [0.15, 0.2) is 33.9 Å². The van der Waals surface area contributed by atoms with Gasteiger partial charge in [0.15, 0.2) is 5.65 Å². The molecule has 0 unspecified atom stereocenters. The molecule has 0 spiro atoms. The van der Waals surface area contributed by atoms with Gasteiger partial charge >= 0.3 is 5.69 Å². The van der Waals surface area contributed by atoms with Crippen molar-refractivity contribution in [3.8, 4) is 5.75 Å². The van der Waals surface area contributed by atoms with Gasteiger partial charge in [-0.2, -0.15) is 5.10 Å². The summed E-state index contributed by atoms with van der Waals surface area (Å²) in [5, 5.41) is 9.80. The first kappa shape index (κ1) is 18.4. The van der Waals surface area contributed by atoms with Crippen LogP contribution in [-0.2, 0) is 31.7 Å². The summed E-state index contributed by atoms with van der Waals surface area (Å²) in [5.74, 6) is 0.551. The maximum atomic E-state index is 12.4. The number of carbonyl (C=O) groups is 1. The zero-order valence-electron chi connectivity index (χ0n) is 15.4. The number of H-pyrrole nitrogens is 1. The van der Waals surface area contributed by atoms with Gasteiger partial charge in [0.1, 0.15) is 11.1 Å². The molecular formula is C18H21N5O4. The van der Waals surface area contributed by atoms with Gasteiger partial charge < -0.3 is 10.1 Å². The Kier molecular flexibility index (Phi) is 5.11. The molecule has 0 saturated carbocycles. The summed E-state index contributed by atoms with van der Waals surface area (Å²) in [7, 11) is 4.54. The molecule has 3 aromatic rings. The molecular weight excluding hydrogens is 350 g/mol. The maximum absolute atomic E-state index is 12.4. The molecule has 2 heterocycles.